The van der Waals surface area contributed by atoms with Crippen LogP contribution in [0.5, 0.6) is 0 Å². The van der Waals surface area contributed by atoms with Gasteiger partial charge in [-0.15, -0.1) is 0 Å². The normalized spacial score (nSPS) is 27.2. The van der Waals surface area contributed by atoms with Gasteiger partial charge in [0.2, 0.25) is 5.91 Å². The number of hydrogen-bond donors (Lipinski definition) is 1. The van der Waals surface area contributed by atoms with Crippen molar-refractivity contribution < 1.29 is 18.0 Å². The first-order valence-corrected chi connectivity index (χ1v) is 8.31. The molecule has 0 radical (unpaired) electrons. The fraction of sp³-hybridized carbons (Fsp3) is 0.647. The highest BCUT2D eigenvalue weighted by Crippen LogP contribution is 2.49. The van der Waals surface area contributed by atoms with Crippen LogP contribution in [0.1, 0.15) is 38.2 Å². The summed E-state index contributed by atoms with van der Waals surface area (Å²) in [5, 5.41) is 2.86. The van der Waals surface area contributed by atoms with E-state index >= 15 is 0 Å². The van der Waals surface area contributed by atoms with E-state index in [4.69, 9.17) is 0 Å². The van der Waals surface area contributed by atoms with Crippen LogP contribution in [0.25, 0.3) is 0 Å². The van der Waals surface area contributed by atoms with Gasteiger partial charge < -0.3 is 9.88 Å². The smallest absolute Gasteiger partial charge is 0.352 e. The van der Waals surface area contributed by atoms with Crippen LogP contribution in [0, 0.1) is 17.8 Å². The van der Waals surface area contributed by atoms with Gasteiger partial charge in [0, 0.05) is 18.3 Å². The van der Waals surface area contributed by atoms with Gasteiger partial charge >= 0.3 is 6.18 Å². The van der Waals surface area contributed by atoms with Crippen molar-refractivity contribution in [2.75, 3.05) is 0 Å². The molecule has 0 aliphatic heterocycles. The molecular formula is C17H21F3N2O2. The van der Waals surface area contributed by atoms with E-state index < -0.39 is 29.8 Å². The number of fused-ring (bicyclic) bond motifs is 2. The van der Waals surface area contributed by atoms with Gasteiger partial charge in [-0.2, -0.15) is 13.2 Å². The lowest BCUT2D eigenvalue weighted by atomic mass is 9.84. The second kappa shape index (κ2) is 6.26. The summed E-state index contributed by atoms with van der Waals surface area (Å²) in [5.74, 6) is 1.41. The quantitative estimate of drug-likeness (QED) is 0.915. The molecule has 2 saturated carbocycles. The number of carbonyl (C=O) groups excluding carboxylic acids is 1. The Morgan fingerprint density at radius 1 is 1.33 bits per heavy atom. The van der Waals surface area contributed by atoms with E-state index in [1.54, 1.807) is 0 Å². The van der Waals surface area contributed by atoms with E-state index in [1.165, 1.54) is 19.3 Å². The van der Waals surface area contributed by atoms with Gasteiger partial charge in [-0.1, -0.05) is 6.42 Å². The molecule has 4 unspecified atom stereocenters. The van der Waals surface area contributed by atoms with E-state index in [2.05, 4.69) is 5.32 Å². The maximum absolute atomic E-state index is 12.7. The van der Waals surface area contributed by atoms with Crippen molar-refractivity contribution in [2.45, 2.75) is 51.4 Å². The average Bonchev–Trinajstić information content (AvgIpc) is 3.11. The summed E-state index contributed by atoms with van der Waals surface area (Å²) in [4.78, 5) is 23.8. The zero-order valence-electron chi connectivity index (χ0n) is 13.5. The molecule has 0 saturated heterocycles. The van der Waals surface area contributed by atoms with E-state index in [1.807, 2.05) is 6.92 Å². The van der Waals surface area contributed by atoms with Crippen molar-refractivity contribution in [3.8, 4) is 0 Å². The molecule has 2 bridgehead atoms. The van der Waals surface area contributed by atoms with E-state index in [0.717, 1.165) is 29.0 Å². The van der Waals surface area contributed by atoms with Crippen molar-refractivity contribution in [3.05, 3.63) is 34.2 Å². The maximum Gasteiger partial charge on any atom is 0.417 e. The first kappa shape index (κ1) is 17.0. The van der Waals surface area contributed by atoms with E-state index in [-0.39, 0.29) is 6.04 Å². The third kappa shape index (κ3) is 3.49. The van der Waals surface area contributed by atoms with Gasteiger partial charge in [-0.3, -0.25) is 9.59 Å². The van der Waals surface area contributed by atoms with Crippen LogP contribution < -0.4 is 10.9 Å². The summed E-state index contributed by atoms with van der Waals surface area (Å²) in [6, 6.07) is 1.55. The first-order valence-electron chi connectivity index (χ1n) is 8.31. The first-order chi connectivity index (χ1) is 11.2. The van der Waals surface area contributed by atoms with Crippen LogP contribution in [0.3, 0.4) is 0 Å². The fourth-order valence-corrected chi connectivity index (χ4v) is 4.29. The monoisotopic (exact) mass is 342 g/mol. The Labute approximate surface area is 138 Å². The molecular weight excluding hydrogens is 321 g/mol. The summed E-state index contributed by atoms with van der Waals surface area (Å²) in [5.41, 5.74) is -1.55. The van der Waals surface area contributed by atoms with Crippen LogP contribution in [0.15, 0.2) is 23.1 Å². The SMILES string of the molecule is CC(NC(=O)Cn1cc(C(F)(F)F)ccc1=O)C1CC2CCC1C2. The largest absolute Gasteiger partial charge is 0.417 e. The predicted octanol–water partition coefficient (Wildman–Crippen LogP) is 2.81. The number of rotatable bonds is 4. The minimum atomic E-state index is -4.54. The standard InChI is InChI=1S/C17H21F3N2O2/c1-10(14-7-11-2-3-12(14)6-11)21-15(23)9-22-8-13(17(18,19)20)4-5-16(22)24/h4-5,8,10-12,14H,2-3,6-7,9H2,1H3,(H,21,23). The third-order valence-corrected chi connectivity index (χ3v) is 5.45. The van der Waals surface area contributed by atoms with Crippen LogP contribution in [0.2, 0.25) is 0 Å². The third-order valence-electron chi connectivity index (χ3n) is 5.45. The molecule has 0 aromatic carbocycles. The molecule has 2 aliphatic carbocycles. The van der Waals surface area contributed by atoms with Crippen molar-refractivity contribution in [2.24, 2.45) is 17.8 Å². The fourth-order valence-electron chi connectivity index (χ4n) is 4.29. The molecule has 1 amide bonds. The summed E-state index contributed by atoms with van der Waals surface area (Å²) in [6.45, 7) is 1.55. The summed E-state index contributed by atoms with van der Waals surface area (Å²) < 4.78 is 39.0. The number of amides is 1. The lowest BCUT2D eigenvalue weighted by molar-refractivity contribution is -0.138. The molecule has 24 heavy (non-hydrogen) atoms. The van der Waals surface area contributed by atoms with Gasteiger partial charge in [-0.05, 0) is 50.0 Å². The Balaban J connectivity index is 1.63. The topological polar surface area (TPSA) is 51.1 Å². The van der Waals surface area contributed by atoms with Gasteiger partial charge in [0.15, 0.2) is 0 Å². The molecule has 2 aliphatic rings. The average molecular weight is 342 g/mol. The molecule has 1 N–H and O–H groups in total. The van der Waals surface area contributed by atoms with E-state index in [0.29, 0.717) is 18.0 Å². The molecule has 7 heteroatoms. The highest BCUT2D eigenvalue weighted by molar-refractivity contribution is 5.76. The summed E-state index contributed by atoms with van der Waals surface area (Å²) in [7, 11) is 0. The van der Waals surface area contributed by atoms with Crippen LogP contribution in [0.4, 0.5) is 13.2 Å². The molecule has 0 spiro atoms. The van der Waals surface area contributed by atoms with Crippen molar-refractivity contribution in [1.29, 1.82) is 0 Å². The summed E-state index contributed by atoms with van der Waals surface area (Å²) >= 11 is 0. The van der Waals surface area contributed by atoms with Crippen molar-refractivity contribution in [1.82, 2.24) is 9.88 Å². The Bertz CT molecular complexity index is 683. The minimum Gasteiger partial charge on any atom is -0.352 e. The van der Waals surface area contributed by atoms with Crippen LogP contribution in [-0.4, -0.2) is 16.5 Å². The van der Waals surface area contributed by atoms with Gasteiger partial charge in [0.25, 0.3) is 5.56 Å². The highest BCUT2D eigenvalue weighted by Gasteiger charge is 2.42. The number of halogens is 3. The molecule has 1 aromatic rings. The predicted molar refractivity (Wildman–Crippen MR) is 82.2 cm³/mol. The number of alkyl halides is 3. The second-order valence-corrected chi connectivity index (χ2v) is 7.08. The number of nitrogens with zero attached hydrogens (tertiary/aromatic N) is 1. The van der Waals surface area contributed by atoms with Crippen LogP contribution >= 0.6 is 0 Å². The van der Waals surface area contributed by atoms with Crippen LogP contribution in [-0.2, 0) is 17.5 Å². The molecule has 132 valence electrons. The molecule has 2 fully saturated rings. The maximum atomic E-state index is 12.7. The number of carbonyl (C=O) groups is 1. The lowest BCUT2D eigenvalue weighted by Crippen LogP contribution is -2.42. The second-order valence-electron chi connectivity index (χ2n) is 7.08. The Kier molecular flexibility index (Phi) is 4.44. The summed E-state index contributed by atoms with van der Waals surface area (Å²) in [6.07, 6.45) is 0.948. The van der Waals surface area contributed by atoms with Crippen molar-refractivity contribution >= 4 is 5.91 Å². The Hall–Kier alpha value is -1.79. The zero-order chi connectivity index (χ0) is 17.5. The molecule has 4 atom stereocenters. The van der Waals surface area contributed by atoms with E-state index in [9.17, 15) is 22.8 Å². The zero-order valence-corrected chi connectivity index (χ0v) is 13.5. The minimum absolute atomic E-state index is 0.0192. The lowest BCUT2D eigenvalue weighted by Gasteiger charge is -2.28. The van der Waals surface area contributed by atoms with Crippen molar-refractivity contribution in [3.63, 3.8) is 0 Å². The molecule has 1 aromatic heterocycles. The van der Waals surface area contributed by atoms with Gasteiger partial charge in [0.1, 0.15) is 6.54 Å². The Morgan fingerprint density at radius 3 is 2.67 bits per heavy atom. The molecule has 4 nitrogen and oxygen atoms in total. The highest BCUT2D eigenvalue weighted by atomic mass is 19.4. The molecule has 1 heterocycles. The number of hydrogen-bond acceptors (Lipinski definition) is 2. The Morgan fingerprint density at radius 2 is 2.08 bits per heavy atom. The number of nitrogens with one attached hydrogen (secondary N) is 1. The van der Waals surface area contributed by atoms with Gasteiger partial charge in [-0.25, -0.2) is 0 Å². The number of pyridine rings is 1. The van der Waals surface area contributed by atoms with Gasteiger partial charge in [0.05, 0.1) is 5.56 Å². The number of aromatic nitrogens is 1. The molecule has 3 rings (SSSR count).